The highest BCUT2D eigenvalue weighted by Gasteiger charge is 2.22. The minimum absolute atomic E-state index is 0.218. The number of fused-ring (bicyclic) bond motifs is 1. The van der Waals surface area contributed by atoms with Crippen LogP contribution in [0.1, 0.15) is 24.2 Å². The molecule has 0 aliphatic rings. The van der Waals surface area contributed by atoms with Crippen molar-refractivity contribution < 1.29 is 9.90 Å². The Morgan fingerprint density at radius 1 is 1.08 bits per heavy atom. The lowest BCUT2D eigenvalue weighted by Crippen LogP contribution is -2.31. The van der Waals surface area contributed by atoms with Crippen molar-refractivity contribution in [2.24, 2.45) is 5.92 Å². The lowest BCUT2D eigenvalue weighted by molar-refractivity contribution is 0.102. The van der Waals surface area contributed by atoms with Gasteiger partial charge in [-0.1, -0.05) is 44.2 Å². The standard InChI is InChI=1S/C20H20N2O3/c1-13(2)12-22-16-11-7-6-10-15(16)18(23)17(20(22)25)19(24)21-14-8-4-3-5-9-14/h3-11,13,23H,12H2,1-2H3,(H,21,24). The first-order chi connectivity index (χ1) is 12.0. The summed E-state index contributed by atoms with van der Waals surface area (Å²) in [5.74, 6) is -0.679. The second-order valence-corrected chi connectivity index (χ2v) is 6.37. The fraction of sp³-hybridized carbons (Fsp3) is 0.200. The zero-order chi connectivity index (χ0) is 18.0. The molecule has 0 aliphatic carbocycles. The first kappa shape index (κ1) is 16.8. The van der Waals surface area contributed by atoms with E-state index in [0.717, 1.165) is 0 Å². The summed E-state index contributed by atoms with van der Waals surface area (Å²) >= 11 is 0. The number of pyridine rings is 1. The molecule has 0 saturated carbocycles. The fourth-order valence-corrected chi connectivity index (χ4v) is 2.86. The van der Waals surface area contributed by atoms with Gasteiger partial charge in [0.25, 0.3) is 11.5 Å². The normalized spacial score (nSPS) is 11.0. The van der Waals surface area contributed by atoms with Crippen LogP contribution >= 0.6 is 0 Å². The Morgan fingerprint density at radius 2 is 1.72 bits per heavy atom. The Balaban J connectivity index is 2.17. The molecule has 0 atom stereocenters. The van der Waals surface area contributed by atoms with Gasteiger partial charge in [0, 0.05) is 17.6 Å². The van der Waals surface area contributed by atoms with Gasteiger partial charge in [0.1, 0.15) is 11.3 Å². The van der Waals surface area contributed by atoms with Crippen LogP contribution in [0.2, 0.25) is 0 Å². The monoisotopic (exact) mass is 336 g/mol. The van der Waals surface area contributed by atoms with Crippen LogP contribution in [-0.2, 0) is 6.54 Å². The molecule has 0 saturated heterocycles. The molecule has 25 heavy (non-hydrogen) atoms. The zero-order valence-corrected chi connectivity index (χ0v) is 14.2. The first-order valence-electron chi connectivity index (χ1n) is 8.20. The van der Waals surface area contributed by atoms with Gasteiger partial charge in [0.15, 0.2) is 0 Å². The van der Waals surface area contributed by atoms with Crippen LogP contribution in [-0.4, -0.2) is 15.6 Å². The lowest BCUT2D eigenvalue weighted by Gasteiger charge is -2.16. The van der Waals surface area contributed by atoms with Gasteiger partial charge in [-0.3, -0.25) is 9.59 Å². The van der Waals surface area contributed by atoms with Crippen LogP contribution in [0.15, 0.2) is 59.4 Å². The van der Waals surface area contributed by atoms with E-state index in [1.807, 2.05) is 26.0 Å². The molecule has 0 aliphatic heterocycles. The summed E-state index contributed by atoms with van der Waals surface area (Å²) in [6.07, 6.45) is 0. The molecule has 0 spiro atoms. The molecule has 1 heterocycles. The number of benzene rings is 2. The first-order valence-corrected chi connectivity index (χ1v) is 8.20. The van der Waals surface area contributed by atoms with E-state index in [4.69, 9.17) is 0 Å². The maximum atomic E-state index is 12.9. The number of amides is 1. The van der Waals surface area contributed by atoms with Gasteiger partial charge in [0.05, 0.1) is 5.52 Å². The van der Waals surface area contributed by atoms with Crippen LogP contribution in [0.3, 0.4) is 0 Å². The van der Waals surface area contributed by atoms with Gasteiger partial charge < -0.3 is 15.0 Å². The molecular weight excluding hydrogens is 316 g/mol. The van der Waals surface area contributed by atoms with Gasteiger partial charge in [0.2, 0.25) is 0 Å². The van der Waals surface area contributed by atoms with Crippen molar-refractivity contribution in [3.8, 4) is 5.75 Å². The van der Waals surface area contributed by atoms with E-state index in [1.165, 1.54) is 0 Å². The van der Waals surface area contributed by atoms with Crippen LogP contribution < -0.4 is 10.9 Å². The highest BCUT2D eigenvalue weighted by Crippen LogP contribution is 2.27. The van der Waals surface area contributed by atoms with E-state index in [1.54, 1.807) is 47.0 Å². The lowest BCUT2D eigenvalue weighted by atomic mass is 10.1. The van der Waals surface area contributed by atoms with Crippen LogP contribution in [0.25, 0.3) is 10.9 Å². The number of hydrogen-bond donors (Lipinski definition) is 2. The van der Waals surface area contributed by atoms with Crippen molar-refractivity contribution >= 4 is 22.5 Å². The topological polar surface area (TPSA) is 71.3 Å². The van der Waals surface area contributed by atoms with Gasteiger partial charge in [-0.15, -0.1) is 0 Å². The van der Waals surface area contributed by atoms with Crippen LogP contribution in [0.5, 0.6) is 5.75 Å². The summed E-state index contributed by atoms with van der Waals surface area (Å²) in [5.41, 5.74) is 0.464. The van der Waals surface area contributed by atoms with Crippen molar-refractivity contribution in [1.82, 2.24) is 4.57 Å². The third-order valence-electron chi connectivity index (χ3n) is 3.95. The highest BCUT2D eigenvalue weighted by molar-refractivity contribution is 6.09. The molecule has 128 valence electrons. The van der Waals surface area contributed by atoms with Crippen molar-refractivity contribution in [2.45, 2.75) is 20.4 Å². The molecule has 5 heteroatoms. The van der Waals surface area contributed by atoms with E-state index in [9.17, 15) is 14.7 Å². The molecule has 1 aromatic heterocycles. The molecule has 3 rings (SSSR count). The average molecular weight is 336 g/mol. The smallest absolute Gasteiger partial charge is 0.267 e. The minimum Gasteiger partial charge on any atom is -0.506 e. The predicted molar refractivity (Wildman–Crippen MR) is 99.1 cm³/mol. The van der Waals surface area contributed by atoms with E-state index < -0.39 is 11.5 Å². The predicted octanol–water partition coefficient (Wildman–Crippen LogP) is 3.62. The molecule has 2 aromatic carbocycles. The van der Waals surface area contributed by atoms with Gasteiger partial charge in [-0.2, -0.15) is 0 Å². The largest absolute Gasteiger partial charge is 0.506 e. The summed E-state index contributed by atoms with van der Waals surface area (Å²) in [5, 5.41) is 13.7. The van der Waals surface area contributed by atoms with E-state index in [-0.39, 0.29) is 17.2 Å². The van der Waals surface area contributed by atoms with Crippen molar-refractivity contribution in [2.75, 3.05) is 5.32 Å². The molecule has 0 bridgehead atoms. The minimum atomic E-state index is -0.614. The number of rotatable bonds is 4. The molecule has 1 amide bonds. The summed E-state index contributed by atoms with van der Waals surface area (Å²) in [4.78, 5) is 25.6. The molecule has 0 radical (unpaired) electrons. The summed E-state index contributed by atoms with van der Waals surface area (Å²) in [7, 11) is 0. The number of carbonyl (C=O) groups excluding carboxylic acids is 1. The third kappa shape index (κ3) is 3.26. The molecule has 0 fully saturated rings. The summed E-state index contributed by atoms with van der Waals surface area (Å²) in [6, 6.07) is 15.9. The molecule has 2 N–H and O–H groups in total. The summed E-state index contributed by atoms with van der Waals surface area (Å²) in [6.45, 7) is 4.46. The van der Waals surface area contributed by atoms with E-state index >= 15 is 0 Å². The number of para-hydroxylation sites is 2. The Kier molecular flexibility index (Phi) is 4.57. The van der Waals surface area contributed by atoms with Crippen molar-refractivity contribution in [1.29, 1.82) is 0 Å². The number of anilines is 1. The SMILES string of the molecule is CC(C)Cn1c(=O)c(C(=O)Nc2ccccc2)c(O)c2ccccc21. The quantitative estimate of drug-likeness (QED) is 0.764. The number of aromatic hydroxyl groups is 1. The number of nitrogens with one attached hydrogen (secondary N) is 1. The number of nitrogens with zero attached hydrogens (tertiary/aromatic N) is 1. The Hall–Kier alpha value is -3.08. The average Bonchev–Trinajstić information content (AvgIpc) is 2.59. The molecule has 0 unspecified atom stereocenters. The summed E-state index contributed by atoms with van der Waals surface area (Å²) < 4.78 is 1.56. The van der Waals surface area contributed by atoms with E-state index in [0.29, 0.717) is 23.1 Å². The Bertz CT molecular complexity index is 975. The second-order valence-electron chi connectivity index (χ2n) is 6.37. The molecular formula is C20H20N2O3. The fourth-order valence-electron chi connectivity index (χ4n) is 2.86. The number of hydrogen-bond acceptors (Lipinski definition) is 3. The van der Waals surface area contributed by atoms with Gasteiger partial charge in [-0.05, 0) is 30.2 Å². The van der Waals surface area contributed by atoms with E-state index in [2.05, 4.69) is 5.32 Å². The van der Waals surface area contributed by atoms with Gasteiger partial charge >= 0.3 is 0 Å². The molecule has 3 aromatic rings. The second kappa shape index (κ2) is 6.81. The highest BCUT2D eigenvalue weighted by atomic mass is 16.3. The maximum Gasteiger partial charge on any atom is 0.267 e. The molecule has 5 nitrogen and oxygen atoms in total. The van der Waals surface area contributed by atoms with Crippen molar-refractivity contribution in [3.05, 3.63) is 70.5 Å². The van der Waals surface area contributed by atoms with Gasteiger partial charge in [-0.25, -0.2) is 0 Å². The number of carbonyl (C=O) groups is 1. The van der Waals surface area contributed by atoms with Crippen LogP contribution in [0, 0.1) is 5.92 Å². The van der Waals surface area contributed by atoms with Crippen molar-refractivity contribution in [3.63, 3.8) is 0 Å². The third-order valence-corrected chi connectivity index (χ3v) is 3.95. The Morgan fingerprint density at radius 3 is 2.40 bits per heavy atom. The van der Waals surface area contributed by atoms with Crippen LogP contribution in [0.4, 0.5) is 5.69 Å². The Labute approximate surface area is 145 Å². The number of aromatic nitrogens is 1. The maximum absolute atomic E-state index is 12.9. The zero-order valence-electron chi connectivity index (χ0n) is 14.2.